The van der Waals surface area contributed by atoms with E-state index < -0.39 is 12.3 Å². The smallest absolute Gasteiger partial charge is 0.330 e. The van der Waals surface area contributed by atoms with Crippen molar-refractivity contribution >= 4 is 5.97 Å². The maximum absolute atomic E-state index is 14.0. The van der Waals surface area contributed by atoms with Gasteiger partial charge in [0.05, 0.1) is 7.11 Å². The summed E-state index contributed by atoms with van der Waals surface area (Å²) in [7, 11) is 1.39. The first-order chi connectivity index (χ1) is 14.3. The third-order valence-corrected chi connectivity index (χ3v) is 7.28. The van der Waals surface area contributed by atoms with E-state index in [4.69, 9.17) is 0 Å². The first-order valence-corrected chi connectivity index (χ1v) is 11.1. The van der Waals surface area contributed by atoms with Gasteiger partial charge in [0, 0.05) is 18.9 Å². The van der Waals surface area contributed by atoms with Gasteiger partial charge in [-0.25, -0.2) is 13.6 Å². The van der Waals surface area contributed by atoms with Crippen molar-refractivity contribution in [2.24, 2.45) is 17.3 Å². The molecule has 4 heteroatoms. The Morgan fingerprint density at radius 2 is 2.17 bits per heavy atom. The maximum atomic E-state index is 14.0. The van der Waals surface area contributed by atoms with E-state index in [1.165, 1.54) is 24.3 Å². The van der Waals surface area contributed by atoms with E-state index in [9.17, 15) is 13.6 Å². The Morgan fingerprint density at radius 1 is 1.40 bits per heavy atom. The molecule has 0 radical (unpaired) electrons. The highest BCUT2D eigenvalue weighted by Crippen LogP contribution is 2.56. The third-order valence-electron chi connectivity index (χ3n) is 7.28. The summed E-state index contributed by atoms with van der Waals surface area (Å²) in [5.41, 5.74) is 4.11. The first kappa shape index (κ1) is 22.7. The average Bonchev–Trinajstić information content (AvgIpc) is 3.06. The second kappa shape index (κ2) is 9.45. The van der Waals surface area contributed by atoms with Crippen LogP contribution in [0.5, 0.6) is 0 Å². The lowest BCUT2D eigenvalue weighted by atomic mass is 9.62. The monoisotopic (exact) mass is 416 g/mol. The predicted molar refractivity (Wildman–Crippen MR) is 117 cm³/mol. The molecular formula is C26H34F2O2. The van der Waals surface area contributed by atoms with Gasteiger partial charge >= 0.3 is 5.97 Å². The van der Waals surface area contributed by atoms with Crippen LogP contribution in [-0.4, -0.2) is 25.4 Å². The molecule has 3 aliphatic rings. The Hall–Kier alpha value is -1.97. The largest absolute Gasteiger partial charge is 0.466 e. The molecular weight excluding hydrogens is 382 g/mol. The highest BCUT2D eigenvalue weighted by molar-refractivity contribution is 5.81. The molecule has 3 aliphatic carbocycles. The highest BCUT2D eigenvalue weighted by atomic mass is 19.1. The summed E-state index contributed by atoms with van der Waals surface area (Å²) < 4.78 is 32.5. The average molecular weight is 417 g/mol. The zero-order chi connectivity index (χ0) is 21.9. The van der Waals surface area contributed by atoms with Gasteiger partial charge in [0.25, 0.3) is 0 Å². The molecule has 0 N–H and O–H groups in total. The van der Waals surface area contributed by atoms with Gasteiger partial charge in [0.1, 0.15) is 12.3 Å². The molecule has 0 aromatic carbocycles. The molecule has 5 unspecified atom stereocenters. The maximum Gasteiger partial charge on any atom is 0.330 e. The third kappa shape index (κ3) is 4.68. The Morgan fingerprint density at radius 3 is 2.90 bits per heavy atom. The van der Waals surface area contributed by atoms with Crippen molar-refractivity contribution in [2.75, 3.05) is 7.11 Å². The van der Waals surface area contributed by atoms with Crippen LogP contribution in [0.3, 0.4) is 0 Å². The molecule has 3 rings (SSSR count). The van der Waals surface area contributed by atoms with Crippen LogP contribution in [0.1, 0.15) is 58.8 Å². The van der Waals surface area contributed by atoms with Crippen LogP contribution in [0.25, 0.3) is 0 Å². The van der Waals surface area contributed by atoms with Crippen LogP contribution in [0.2, 0.25) is 0 Å². The van der Waals surface area contributed by atoms with Crippen LogP contribution in [0.15, 0.2) is 59.3 Å². The molecule has 5 atom stereocenters. The molecule has 0 spiro atoms. The van der Waals surface area contributed by atoms with Crippen LogP contribution in [-0.2, 0) is 9.53 Å². The molecule has 30 heavy (non-hydrogen) atoms. The Kier molecular flexibility index (Phi) is 7.15. The minimum atomic E-state index is -1.27. The highest BCUT2D eigenvalue weighted by Gasteiger charge is 2.45. The molecule has 0 bridgehead atoms. The lowest BCUT2D eigenvalue weighted by Gasteiger charge is -2.42. The topological polar surface area (TPSA) is 26.3 Å². The van der Waals surface area contributed by atoms with E-state index in [1.807, 2.05) is 12.2 Å². The number of halogens is 2. The van der Waals surface area contributed by atoms with Gasteiger partial charge in [-0.05, 0) is 60.5 Å². The summed E-state index contributed by atoms with van der Waals surface area (Å²) in [6.07, 6.45) is 12.7. The van der Waals surface area contributed by atoms with Crippen molar-refractivity contribution in [1.29, 1.82) is 0 Å². The molecule has 0 aromatic rings. The van der Waals surface area contributed by atoms with Crippen molar-refractivity contribution in [2.45, 2.75) is 71.1 Å². The fraction of sp³-hybridized carbons (Fsp3) is 0.577. The Bertz CT molecular complexity index is 804. The SMILES string of the molecule is C=C1/C(=C/C=C2/CCCC3(C)C(C(C)C/C=C/C(=O)OC)=CCC23)CC(F)CC1F. The zero-order valence-corrected chi connectivity index (χ0v) is 18.4. The van der Waals surface area contributed by atoms with Gasteiger partial charge in [-0.2, -0.15) is 0 Å². The number of esters is 1. The van der Waals surface area contributed by atoms with Crippen LogP contribution in [0, 0.1) is 17.3 Å². The molecule has 0 aliphatic heterocycles. The molecule has 0 heterocycles. The fourth-order valence-corrected chi connectivity index (χ4v) is 5.58. The number of hydrogen-bond donors (Lipinski definition) is 0. The molecule has 2 nitrogen and oxygen atoms in total. The second-order valence-corrected chi connectivity index (χ2v) is 9.24. The first-order valence-electron chi connectivity index (χ1n) is 11.1. The van der Waals surface area contributed by atoms with E-state index in [0.717, 1.165) is 32.1 Å². The summed E-state index contributed by atoms with van der Waals surface area (Å²) in [6, 6.07) is 0. The van der Waals surface area contributed by atoms with Crippen LogP contribution >= 0.6 is 0 Å². The second-order valence-electron chi connectivity index (χ2n) is 9.24. The van der Waals surface area contributed by atoms with Gasteiger partial charge in [0.2, 0.25) is 0 Å². The van der Waals surface area contributed by atoms with Gasteiger partial charge in [-0.15, -0.1) is 0 Å². The van der Waals surface area contributed by atoms with Gasteiger partial charge in [0.15, 0.2) is 0 Å². The van der Waals surface area contributed by atoms with Crippen molar-refractivity contribution in [3.05, 3.63) is 59.3 Å². The number of carbonyl (C=O) groups excluding carboxylic acids is 1. The number of ether oxygens (including phenoxy) is 1. The van der Waals surface area contributed by atoms with E-state index in [-0.39, 0.29) is 24.2 Å². The zero-order valence-electron chi connectivity index (χ0n) is 18.4. The molecule has 2 saturated carbocycles. The lowest BCUT2D eigenvalue weighted by Crippen LogP contribution is -2.32. The Labute approximate surface area is 179 Å². The summed E-state index contributed by atoms with van der Waals surface area (Å²) in [6.45, 7) is 8.42. The van der Waals surface area contributed by atoms with Gasteiger partial charge in [-0.1, -0.05) is 55.9 Å². The predicted octanol–water partition coefficient (Wildman–Crippen LogP) is 6.76. The number of alkyl halides is 2. The van der Waals surface area contributed by atoms with E-state index in [2.05, 4.69) is 37.3 Å². The van der Waals surface area contributed by atoms with Gasteiger partial charge in [-0.3, -0.25) is 0 Å². The Balaban J connectivity index is 1.74. The molecule has 0 amide bonds. The number of fused-ring (bicyclic) bond motifs is 1. The minimum Gasteiger partial charge on any atom is -0.466 e. The minimum absolute atomic E-state index is 0.0664. The fourth-order valence-electron chi connectivity index (χ4n) is 5.58. The standard InChI is InChI=1S/C26H34F2O2/c1-17(7-5-9-25(29)30-4)22-12-13-23-19(8-6-14-26(22,23)3)10-11-20-15-21(27)16-24(28)18(20)2/h5,9-12,17,21,23-24H,2,6-8,13-16H2,1,3-4H3/b9-5+,19-10-,20-11+. The summed E-state index contributed by atoms with van der Waals surface area (Å²) in [4.78, 5) is 11.3. The van der Waals surface area contributed by atoms with Gasteiger partial charge < -0.3 is 4.74 Å². The van der Waals surface area contributed by atoms with Crippen LogP contribution in [0.4, 0.5) is 8.78 Å². The van der Waals surface area contributed by atoms with E-state index >= 15 is 0 Å². The van der Waals surface area contributed by atoms with Crippen LogP contribution < -0.4 is 0 Å². The van der Waals surface area contributed by atoms with Crippen molar-refractivity contribution in [3.63, 3.8) is 0 Å². The molecule has 0 saturated heterocycles. The van der Waals surface area contributed by atoms with E-state index in [1.54, 1.807) is 0 Å². The van der Waals surface area contributed by atoms with Crippen molar-refractivity contribution in [1.82, 2.24) is 0 Å². The number of rotatable bonds is 5. The summed E-state index contributed by atoms with van der Waals surface area (Å²) in [5.74, 6) is 0.471. The summed E-state index contributed by atoms with van der Waals surface area (Å²) >= 11 is 0. The van der Waals surface area contributed by atoms with Crippen molar-refractivity contribution in [3.8, 4) is 0 Å². The molecule has 164 valence electrons. The lowest BCUT2D eigenvalue weighted by molar-refractivity contribution is -0.134. The van der Waals surface area contributed by atoms with E-state index in [0.29, 0.717) is 23.0 Å². The van der Waals surface area contributed by atoms with Crippen molar-refractivity contribution < 1.29 is 18.3 Å². The number of methoxy groups -OCH3 is 1. The quantitative estimate of drug-likeness (QED) is 0.281. The number of carbonyl (C=O) groups is 1. The molecule has 2 fully saturated rings. The normalized spacial score (nSPS) is 35.6. The number of allylic oxidation sites excluding steroid dienone is 8. The molecule has 0 aromatic heterocycles. The number of hydrogen-bond acceptors (Lipinski definition) is 2. The summed E-state index contributed by atoms with van der Waals surface area (Å²) in [5, 5.41) is 0.